The predicted octanol–water partition coefficient (Wildman–Crippen LogP) is 4.24. The van der Waals surface area contributed by atoms with Crippen LogP contribution in [0.1, 0.15) is 43.2 Å². The number of benzene rings is 2. The number of ether oxygens (including phenoxy) is 2. The van der Waals surface area contributed by atoms with Crippen molar-refractivity contribution in [3.8, 4) is 11.5 Å². The van der Waals surface area contributed by atoms with Gasteiger partial charge in [0.25, 0.3) is 0 Å². The lowest BCUT2D eigenvalue weighted by atomic mass is 9.92. The molecule has 0 atom stereocenters. The molecular formula is C26H36N4O2. The molecule has 172 valence electrons. The average Bonchev–Trinajstić information content (AvgIpc) is 2.81. The van der Waals surface area contributed by atoms with Gasteiger partial charge in [0.1, 0.15) is 17.3 Å². The van der Waals surface area contributed by atoms with Crippen LogP contribution in [-0.4, -0.2) is 43.6 Å². The summed E-state index contributed by atoms with van der Waals surface area (Å²) in [5, 5.41) is 7.42. The second-order valence-corrected chi connectivity index (χ2v) is 8.47. The van der Waals surface area contributed by atoms with Gasteiger partial charge in [-0.3, -0.25) is 5.41 Å². The lowest BCUT2D eigenvalue weighted by Gasteiger charge is -2.32. The molecule has 3 rings (SSSR count). The molecule has 0 bridgehead atoms. The summed E-state index contributed by atoms with van der Waals surface area (Å²) in [6.07, 6.45) is 5.85. The van der Waals surface area contributed by atoms with Crippen molar-refractivity contribution < 1.29 is 9.47 Å². The molecule has 0 aliphatic carbocycles. The summed E-state index contributed by atoms with van der Waals surface area (Å²) in [6.45, 7) is 8.64. The molecule has 0 unspecified atom stereocenters. The van der Waals surface area contributed by atoms with Crippen molar-refractivity contribution in [3.05, 3.63) is 66.2 Å². The van der Waals surface area contributed by atoms with Gasteiger partial charge in [0.05, 0.1) is 13.2 Å². The van der Waals surface area contributed by atoms with Gasteiger partial charge in [-0.25, -0.2) is 0 Å². The highest BCUT2D eigenvalue weighted by Gasteiger charge is 2.18. The molecule has 0 aromatic heterocycles. The lowest BCUT2D eigenvalue weighted by Crippen LogP contribution is -2.35. The molecule has 0 saturated carbocycles. The Hall–Kier alpha value is -2.99. The van der Waals surface area contributed by atoms with E-state index in [2.05, 4.69) is 11.5 Å². The van der Waals surface area contributed by atoms with E-state index in [1.54, 1.807) is 0 Å². The van der Waals surface area contributed by atoms with Gasteiger partial charge < -0.3 is 25.8 Å². The Bertz CT molecular complexity index is 783. The zero-order chi connectivity index (χ0) is 22.8. The molecule has 6 nitrogen and oxygen atoms in total. The van der Waals surface area contributed by atoms with E-state index in [4.69, 9.17) is 26.4 Å². The van der Waals surface area contributed by atoms with E-state index in [1.807, 2.05) is 48.5 Å². The first-order chi connectivity index (χ1) is 15.5. The van der Waals surface area contributed by atoms with Crippen LogP contribution in [0.2, 0.25) is 0 Å². The smallest absolute Gasteiger partial charge is 0.122 e. The topological polar surface area (TPSA) is 97.6 Å². The monoisotopic (exact) mass is 436 g/mol. The molecule has 1 heterocycles. The quantitative estimate of drug-likeness (QED) is 0.263. The minimum Gasteiger partial charge on any atom is -0.494 e. The number of hydrogen-bond donors (Lipinski definition) is 3. The van der Waals surface area contributed by atoms with Gasteiger partial charge in [-0.2, -0.15) is 0 Å². The minimum absolute atomic E-state index is 0.0833. The lowest BCUT2D eigenvalue weighted by molar-refractivity contribution is 0.161. The number of amidine groups is 1. The minimum atomic E-state index is 0.0833. The molecule has 6 heteroatoms. The van der Waals surface area contributed by atoms with Crippen molar-refractivity contribution in [3.63, 3.8) is 0 Å². The number of rotatable bonds is 12. The average molecular weight is 437 g/mol. The van der Waals surface area contributed by atoms with E-state index in [0.29, 0.717) is 5.70 Å². The van der Waals surface area contributed by atoms with Gasteiger partial charge in [-0.1, -0.05) is 6.58 Å². The summed E-state index contributed by atoms with van der Waals surface area (Å²) in [5.74, 6) is 2.60. The number of piperidine rings is 1. The molecule has 2 aromatic carbocycles. The predicted molar refractivity (Wildman–Crippen MR) is 131 cm³/mol. The van der Waals surface area contributed by atoms with Crippen LogP contribution in [-0.2, 0) is 0 Å². The van der Waals surface area contributed by atoms with Gasteiger partial charge in [0, 0.05) is 17.8 Å². The van der Waals surface area contributed by atoms with Crippen LogP contribution in [0, 0.1) is 11.3 Å². The maximum Gasteiger partial charge on any atom is 0.122 e. The Balaban J connectivity index is 1.23. The zero-order valence-electron chi connectivity index (χ0n) is 18.9. The molecule has 1 saturated heterocycles. The Labute approximate surface area is 191 Å². The molecule has 0 radical (unpaired) electrons. The second kappa shape index (κ2) is 12.2. The standard InChI is InChI=1S/C26H36N4O2/c1-20(27)22-5-9-24(10-6-22)32-19-3-15-30-16-13-21(14-17-30)4-2-18-31-25-11-7-23(8-12-25)26(28)29/h5-12,21H,1-4,13-19,27H2,(H3,28,29). The third-order valence-corrected chi connectivity index (χ3v) is 6.01. The summed E-state index contributed by atoms with van der Waals surface area (Å²) in [5.41, 5.74) is 13.4. The van der Waals surface area contributed by atoms with Crippen molar-refractivity contribution in [2.45, 2.75) is 32.1 Å². The first-order valence-corrected chi connectivity index (χ1v) is 11.5. The highest BCUT2D eigenvalue weighted by molar-refractivity contribution is 5.94. The number of nitrogen functional groups attached to an aromatic ring is 1. The molecule has 1 aliphatic rings. The SMILES string of the molecule is C=C(N)c1ccc(OCCCN2CCC(CCCOc3ccc(C(=N)N)cc3)CC2)cc1. The second-order valence-electron chi connectivity index (χ2n) is 8.47. The van der Waals surface area contributed by atoms with Crippen LogP contribution in [0.15, 0.2) is 55.1 Å². The van der Waals surface area contributed by atoms with Crippen LogP contribution in [0.3, 0.4) is 0 Å². The highest BCUT2D eigenvalue weighted by atomic mass is 16.5. The Morgan fingerprint density at radius 3 is 1.94 bits per heavy atom. The van der Waals surface area contributed by atoms with E-state index >= 15 is 0 Å². The van der Waals surface area contributed by atoms with Crippen LogP contribution in [0.4, 0.5) is 0 Å². The molecule has 32 heavy (non-hydrogen) atoms. The van der Waals surface area contributed by atoms with E-state index in [9.17, 15) is 0 Å². The molecule has 5 N–H and O–H groups in total. The summed E-state index contributed by atoms with van der Waals surface area (Å²) >= 11 is 0. The van der Waals surface area contributed by atoms with Crippen LogP contribution >= 0.6 is 0 Å². The van der Waals surface area contributed by atoms with Crippen molar-refractivity contribution in [2.75, 3.05) is 32.8 Å². The molecule has 0 amide bonds. The number of nitrogens with one attached hydrogen (secondary N) is 1. The van der Waals surface area contributed by atoms with Gasteiger partial charge in [-0.05, 0) is 105 Å². The van der Waals surface area contributed by atoms with E-state index < -0.39 is 0 Å². The molecule has 1 aliphatic heterocycles. The van der Waals surface area contributed by atoms with E-state index in [0.717, 1.165) is 61.1 Å². The van der Waals surface area contributed by atoms with Gasteiger partial charge >= 0.3 is 0 Å². The maximum atomic E-state index is 7.42. The molecule has 2 aromatic rings. The van der Waals surface area contributed by atoms with E-state index in [-0.39, 0.29) is 5.84 Å². The highest BCUT2D eigenvalue weighted by Crippen LogP contribution is 2.22. The first kappa shape index (κ1) is 23.7. The summed E-state index contributed by atoms with van der Waals surface area (Å²) < 4.78 is 11.7. The fourth-order valence-electron chi connectivity index (χ4n) is 4.03. The number of hydrogen-bond acceptors (Lipinski definition) is 5. The summed E-state index contributed by atoms with van der Waals surface area (Å²) in [7, 11) is 0. The van der Waals surface area contributed by atoms with Crippen molar-refractivity contribution >= 4 is 11.5 Å². The van der Waals surface area contributed by atoms with Crippen LogP contribution < -0.4 is 20.9 Å². The molecular weight excluding hydrogens is 400 g/mol. The number of nitrogens with zero attached hydrogens (tertiary/aromatic N) is 1. The Morgan fingerprint density at radius 2 is 1.41 bits per heavy atom. The third-order valence-electron chi connectivity index (χ3n) is 6.01. The fourth-order valence-corrected chi connectivity index (χ4v) is 4.03. The fraction of sp³-hybridized carbons (Fsp3) is 0.423. The summed E-state index contributed by atoms with van der Waals surface area (Å²) in [4.78, 5) is 2.55. The van der Waals surface area contributed by atoms with Crippen LogP contribution in [0.5, 0.6) is 11.5 Å². The normalized spacial score (nSPS) is 14.8. The van der Waals surface area contributed by atoms with Crippen molar-refractivity contribution in [1.82, 2.24) is 4.90 Å². The molecule has 0 spiro atoms. The molecule has 1 fully saturated rings. The van der Waals surface area contributed by atoms with Crippen molar-refractivity contribution in [1.29, 1.82) is 5.41 Å². The number of nitrogens with two attached hydrogens (primary N) is 2. The largest absolute Gasteiger partial charge is 0.494 e. The van der Waals surface area contributed by atoms with Gasteiger partial charge in [0.15, 0.2) is 0 Å². The van der Waals surface area contributed by atoms with E-state index in [1.165, 1.54) is 32.4 Å². The Kier molecular flexibility index (Phi) is 8.99. The van der Waals surface area contributed by atoms with Crippen molar-refractivity contribution in [2.24, 2.45) is 17.4 Å². The summed E-state index contributed by atoms with van der Waals surface area (Å²) in [6, 6.07) is 15.2. The zero-order valence-corrected chi connectivity index (χ0v) is 18.9. The Morgan fingerprint density at radius 1 is 0.875 bits per heavy atom. The van der Waals surface area contributed by atoms with Gasteiger partial charge in [0.2, 0.25) is 0 Å². The first-order valence-electron chi connectivity index (χ1n) is 11.5. The van der Waals surface area contributed by atoms with Gasteiger partial charge in [-0.15, -0.1) is 0 Å². The van der Waals surface area contributed by atoms with Crippen LogP contribution in [0.25, 0.3) is 5.70 Å². The maximum absolute atomic E-state index is 7.42. The third kappa shape index (κ3) is 7.61. The number of likely N-dealkylation sites (tertiary alicyclic amines) is 1.